The van der Waals surface area contributed by atoms with Gasteiger partial charge in [-0.3, -0.25) is 9.59 Å². The van der Waals surface area contributed by atoms with Crippen LogP contribution in [0.3, 0.4) is 0 Å². The lowest BCUT2D eigenvalue weighted by atomic mass is 9.88. The Morgan fingerprint density at radius 1 is 1.29 bits per heavy atom. The Morgan fingerprint density at radius 2 is 1.89 bits per heavy atom. The van der Waals surface area contributed by atoms with Crippen LogP contribution in [0, 0.1) is 5.41 Å². The molecule has 8 heteroatoms. The number of nitrogens with zero attached hydrogens (tertiary/aromatic N) is 2. The van der Waals surface area contributed by atoms with E-state index in [-0.39, 0.29) is 40.1 Å². The molecule has 0 saturated carbocycles. The highest BCUT2D eigenvalue weighted by molar-refractivity contribution is 6.02. The van der Waals surface area contributed by atoms with Crippen molar-refractivity contribution in [3.63, 3.8) is 0 Å². The van der Waals surface area contributed by atoms with Gasteiger partial charge in [0.2, 0.25) is 0 Å². The molecule has 2 rings (SSSR count). The molecule has 0 bridgehead atoms. The van der Waals surface area contributed by atoms with Crippen LogP contribution in [-0.2, 0) is 4.79 Å². The smallest absolute Gasteiger partial charge is 0.274 e. The maximum atomic E-state index is 12.6. The van der Waals surface area contributed by atoms with Crippen molar-refractivity contribution in [2.75, 3.05) is 26.5 Å². The Morgan fingerprint density at radius 3 is 2.43 bits per heavy atom. The van der Waals surface area contributed by atoms with E-state index in [1.165, 1.54) is 22.9 Å². The number of hydrogen-bond acceptors (Lipinski definition) is 6. The summed E-state index contributed by atoms with van der Waals surface area (Å²) in [5.41, 5.74) is 0.686. The number of phenolic OH excluding ortho intramolecular Hbond substituents is 1. The molecule has 0 fully saturated rings. The molecule has 0 aromatic heterocycles. The van der Waals surface area contributed by atoms with Crippen LogP contribution in [-0.4, -0.2) is 65.2 Å². The second-order valence-corrected chi connectivity index (χ2v) is 8.34. The monoisotopic (exact) mass is 390 g/mol. The normalized spacial score (nSPS) is 18.4. The Labute approximate surface area is 165 Å². The first-order chi connectivity index (χ1) is 12.9. The number of anilines is 1. The van der Waals surface area contributed by atoms with E-state index in [1.54, 1.807) is 26.2 Å². The maximum absolute atomic E-state index is 12.6. The molecule has 28 heavy (non-hydrogen) atoms. The minimum atomic E-state index is -1.13. The van der Waals surface area contributed by atoms with Crippen LogP contribution in [0.5, 0.6) is 5.75 Å². The van der Waals surface area contributed by atoms with Crippen molar-refractivity contribution in [3.05, 3.63) is 35.2 Å². The number of carbonyl (C=O) groups excluding carboxylic acids is 2. The third kappa shape index (κ3) is 4.06. The standard InChI is InChI=1S/C20H30N4O4/c1-11(20(2,3)4)21-14-15(19(28)24(7)18(14)27)22-13-10-8-9-12(16(13)25)17(26)23(5)6/h8-11,18,21-22,25,27H,1-7H3/t11-,18?/m0/s1. The van der Waals surface area contributed by atoms with E-state index in [0.29, 0.717) is 5.70 Å². The highest BCUT2D eigenvalue weighted by Gasteiger charge is 2.38. The van der Waals surface area contributed by atoms with Gasteiger partial charge in [-0.05, 0) is 24.5 Å². The van der Waals surface area contributed by atoms with Crippen LogP contribution in [0.1, 0.15) is 38.1 Å². The van der Waals surface area contributed by atoms with E-state index in [1.807, 2.05) is 27.7 Å². The first-order valence-corrected chi connectivity index (χ1v) is 9.12. The molecular weight excluding hydrogens is 360 g/mol. The van der Waals surface area contributed by atoms with Crippen molar-refractivity contribution in [1.29, 1.82) is 0 Å². The van der Waals surface area contributed by atoms with Crippen LogP contribution < -0.4 is 10.6 Å². The fraction of sp³-hybridized carbons (Fsp3) is 0.500. The topological polar surface area (TPSA) is 105 Å². The van der Waals surface area contributed by atoms with Gasteiger partial charge in [-0.1, -0.05) is 26.8 Å². The van der Waals surface area contributed by atoms with Gasteiger partial charge in [0, 0.05) is 27.2 Å². The van der Waals surface area contributed by atoms with Crippen LogP contribution in [0.2, 0.25) is 0 Å². The number of para-hydroxylation sites is 1. The van der Waals surface area contributed by atoms with E-state index in [0.717, 1.165) is 0 Å². The molecule has 1 aromatic rings. The molecule has 1 heterocycles. The highest BCUT2D eigenvalue weighted by atomic mass is 16.3. The van der Waals surface area contributed by atoms with Crippen molar-refractivity contribution in [2.24, 2.45) is 5.41 Å². The number of rotatable bonds is 5. The van der Waals surface area contributed by atoms with E-state index in [2.05, 4.69) is 10.6 Å². The molecule has 0 aliphatic carbocycles. The lowest BCUT2D eigenvalue weighted by Crippen LogP contribution is -2.42. The van der Waals surface area contributed by atoms with Crippen molar-refractivity contribution >= 4 is 17.5 Å². The van der Waals surface area contributed by atoms with Crippen LogP contribution in [0.25, 0.3) is 0 Å². The molecule has 2 amide bonds. The lowest BCUT2D eigenvalue weighted by Gasteiger charge is -2.31. The van der Waals surface area contributed by atoms with Crippen molar-refractivity contribution in [1.82, 2.24) is 15.1 Å². The summed E-state index contributed by atoms with van der Waals surface area (Å²) >= 11 is 0. The minimum Gasteiger partial charge on any atom is -0.505 e. The number of phenols is 1. The molecular formula is C20H30N4O4. The van der Waals surface area contributed by atoms with Gasteiger partial charge in [0.1, 0.15) is 5.70 Å². The first-order valence-electron chi connectivity index (χ1n) is 9.12. The number of carbonyl (C=O) groups is 2. The number of aromatic hydroxyl groups is 1. The molecule has 154 valence electrons. The minimum absolute atomic E-state index is 0.0384. The fourth-order valence-electron chi connectivity index (χ4n) is 2.64. The first kappa shape index (κ1) is 21.6. The van der Waals surface area contributed by atoms with Gasteiger partial charge in [-0.25, -0.2) is 0 Å². The molecule has 0 radical (unpaired) electrons. The molecule has 4 N–H and O–H groups in total. The summed E-state index contributed by atoms with van der Waals surface area (Å²) in [7, 11) is 4.68. The maximum Gasteiger partial charge on any atom is 0.274 e. The third-order valence-electron chi connectivity index (χ3n) is 5.03. The Hall–Kier alpha value is -2.74. The zero-order valence-corrected chi connectivity index (χ0v) is 17.5. The largest absolute Gasteiger partial charge is 0.505 e. The molecule has 1 aromatic carbocycles. The van der Waals surface area contributed by atoms with Crippen molar-refractivity contribution in [3.8, 4) is 5.75 Å². The van der Waals surface area contributed by atoms with Gasteiger partial charge in [-0.2, -0.15) is 0 Å². The zero-order valence-electron chi connectivity index (χ0n) is 17.5. The van der Waals surface area contributed by atoms with Crippen LogP contribution >= 0.6 is 0 Å². The number of benzene rings is 1. The Kier molecular flexibility index (Phi) is 5.94. The summed E-state index contributed by atoms with van der Waals surface area (Å²) in [6.45, 7) is 8.11. The van der Waals surface area contributed by atoms with Crippen LogP contribution in [0.15, 0.2) is 29.6 Å². The number of aliphatic hydroxyl groups is 1. The van der Waals surface area contributed by atoms with Crippen molar-refractivity contribution in [2.45, 2.75) is 40.0 Å². The molecule has 1 aliphatic heterocycles. The zero-order chi connectivity index (χ0) is 21.4. The van der Waals surface area contributed by atoms with Crippen molar-refractivity contribution < 1.29 is 19.8 Å². The predicted octanol–water partition coefficient (Wildman–Crippen LogP) is 1.53. The summed E-state index contributed by atoms with van der Waals surface area (Å²) in [4.78, 5) is 27.4. The Balaban J connectivity index is 2.45. The van der Waals surface area contributed by atoms with Gasteiger partial charge in [-0.15, -0.1) is 0 Å². The number of likely N-dealkylation sites (N-methyl/N-ethyl adjacent to an activating group) is 1. The average Bonchev–Trinajstić information content (AvgIpc) is 2.80. The second kappa shape index (κ2) is 7.71. The fourth-order valence-corrected chi connectivity index (χ4v) is 2.64. The quantitative estimate of drug-likeness (QED) is 0.569. The number of aliphatic hydroxyl groups excluding tert-OH is 1. The molecule has 1 aliphatic rings. The van der Waals surface area contributed by atoms with Gasteiger partial charge >= 0.3 is 0 Å². The summed E-state index contributed by atoms with van der Waals surface area (Å²) in [6, 6.07) is 4.65. The summed E-state index contributed by atoms with van der Waals surface area (Å²) in [6.07, 6.45) is -1.13. The summed E-state index contributed by atoms with van der Waals surface area (Å²) in [5.74, 6) is -1.03. The Bertz CT molecular complexity index is 811. The lowest BCUT2D eigenvalue weighted by molar-refractivity contribution is -0.129. The summed E-state index contributed by atoms with van der Waals surface area (Å²) in [5, 5.41) is 27.2. The third-order valence-corrected chi connectivity index (χ3v) is 5.03. The molecule has 0 spiro atoms. The molecule has 8 nitrogen and oxygen atoms in total. The van der Waals surface area contributed by atoms with Gasteiger partial charge in [0.15, 0.2) is 12.0 Å². The molecule has 0 saturated heterocycles. The van der Waals surface area contributed by atoms with E-state index >= 15 is 0 Å². The SMILES string of the molecule is C[C@H](NC1=C(Nc2cccc(C(=O)N(C)C)c2O)C(=O)N(C)C1O)C(C)(C)C. The van der Waals surface area contributed by atoms with E-state index in [4.69, 9.17) is 0 Å². The number of nitrogens with one attached hydrogen (secondary N) is 2. The van der Waals surface area contributed by atoms with Gasteiger partial charge < -0.3 is 30.6 Å². The van der Waals surface area contributed by atoms with Gasteiger partial charge in [0.05, 0.1) is 16.9 Å². The summed E-state index contributed by atoms with van der Waals surface area (Å²) < 4.78 is 0. The van der Waals surface area contributed by atoms with Gasteiger partial charge in [0.25, 0.3) is 11.8 Å². The van der Waals surface area contributed by atoms with Crippen LogP contribution in [0.4, 0.5) is 5.69 Å². The number of amides is 2. The highest BCUT2D eigenvalue weighted by Crippen LogP contribution is 2.32. The molecule has 1 unspecified atom stereocenters. The van der Waals surface area contributed by atoms with E-state index in [9.17, 15) is 19.8 Å². The second-order valence-electron chi connectivity index (χ2n) is 8.34. The molecule has 2 atom stereocenters. The van der Waals surface area contributed by atoms with E-state index < -0.39 is 12.1 Å². The average molecular weight is 390 g/mol. The predicted molar refractivity (Wildman–Crippen MR) is 108 cm³/mol. The number of hydrogen-bond donors (Lipinski definition) is 4.